The molecule has 1 aromatic heterocycles. The molecule has 1 heterocycles. The predicted molar refractivity (Wildman–Crippen MR) is 113 cm³/mol. The van der Waals surface area contributed by atoms with Crippen molar-refractivity contribution in [1.82, 2.24) is 15.1 Å². The van der Waals surface area contributed by atoms with Gasteiger partial charge in [0.15, 0.2) is 11.5 Å². The Hall–Kier alpha value is -3.59. The third-order valence-corrected chi connectivity index (χ3v) is 4.51. The van der Waals surface area contributed by atoms with Crippen LogP contribution >= 0.6 is 0 Å². The van der Waals surface area contributed by atoms with Gasteiger partial charge >= 0.3 is 6.03 Å². The second kappa shape index (κ2) is 9.75. The van der Waals surface area contributed by atoms with E-state index < -0.39 is 6.03 Å². The Labute approximate surface area is 173 Å². The number of benzene rings is 2. The topological polar surface area (TPSA) is 104 Å². The number of amides is 2. The highest BCUT2D eigenvalue weighted by molar-refractivity contribution is 5.90. The maximum Gasteiger partial charge on any atom is 0.319 e. The summed E-state index contributed by atoms with van der Waals surface area (Å²) in [4.78, 5) is 25.0. The van der Waals surface area contributed by atoms with Crippen LogP contribution in [0.25, 0.3) is 10.8 Å². The van der Waals surface area contributed by atoms with E-state index in [2.05, 4.69) is 15.7 Å². The Morgan fingerprint density at radius 2 is 1.77 bits per heavy atom. The molecule has 0 unspecified atom stereocenters. The molecule has 0 aliphatic heterocycles. The summed E-state index contributed by atoms with van der Waals surface area (Å²) in [5.74, 6) is 1.07. The second-order valence-corrected chi connectivity index (χ2v) is 6.39. The molecule has 0 saturated carbocycles. The van der Waals surface area contributed by atoms with Crippen LogP contribution in [-0.4, -0.2) is 43.7 Å². The molecule has 0 fully saturated rings. The van der Waals surface area contributed by atoms with E-state index in [0.29, 0.717) is 46.8 Å². The standard InChI is InChI=1S/C21H24N4O5/c1-28-11-10-25-20(26)16-7-5-4-6-15(16)17(24-25)13-22-21(27)23-14-8-9-18(29-2)19(12-14)30-3/h4-9,12H,10-11,13H2,1-3H3,(H2,22,23,27). The van der Waals surface area contributed by atoms with Gasteiger partial charge in [-0.2, -0.15) is 5.10 Å². The number of rotatable bonds is 8. The highest BCUT2D eigenvalue weighted by Gasteiger charge is 2.12. The Bertz CT molecular complexity index is 1100. The van der Waals surface area contributed by atoms with Gasteiger partial charge in [0, 0.05) is 24.2 Å². The van der Waals surface area contributed by atoms with Crippen molar-refractivity contribution in [2.45, 2.75) is 13.1 Å². The zero-order valence-corrected chi connectivity index (χ0v) is 17.1. The number of ether oxygens (including phenoxy) is 3. The maximum absolute atomic E-state index is 12.6. The summed E-state index contributed by atoms with van der Waals surface area (Å²) < 4.78 is 16.8. The number of urea groups is 1. The van der Waals surface area contributed by atoms with Crippen molar-refractivity contribution in [1.29, 1.82) is 0 Å². The molecule has 0 aliphatic rings. The zero-order valence-electron chi connectivity index (χ0n) is 17.1. The highest BCUT2D eigenvalue weighted by Crippen LogP contribution is 2.29. The molecular weight excluding hydrogens is 388 g/mol. The Morgan fingerprint density at radius 3 is 2.47 bits per heavy atom. The van der Waals surface area contributed by atoms with Crippen molar-refractivity contribution in [2.75, 3.05) is 33.3 Å². The minimum Gasteiger partial charge on any atom is -0.493 e. The highest BCUT2D eigenvalue weighted by atomic mass is 16.5. The number of hydrogen-bond donors (Lipinski definition) is 2. The minimum atomic E-state index is -0.414. The summed E-state index contributed by atoms with van der Waals surface area (Å²) in [6.45, 7) is 0.829. The number of aromatic nitrogens is 2. The molecule has 0 saturated heterocycles. The lowest BCUT2D eigenvalue weighted by Gasteiger charge is -2.13. The largest absolute Gasteiger partial charge is 0.493 e. The van der Waals surface area contributed by atoms with Crippen LogP contribution in [0.4, 0.5) is 10.5 Å². The van der Waals surface area contributed by atoms with Crippen molar-refractivity contribution in [3.8, 4) is 11.5 Å². The van der Waals surface area contributed by atoms with Crippen LogP contribution in [0.15, 0.2) is 47.3 Å². The van der Waals surface area contributed by atoms with Gasteiger partial charge in [-0.25, -0.2) is 9.48 Å². The minimum absolute atomic E-state index is 0.146. The first-order chi connectivity index (χ1) is 14.6. The monoisotopic (exact) mass is 412 g/mol. The Balaban J connectivity index is 1.77. The average Bonchev–Trinajstić information content (AvgIpc) is 2.78. The molecule has 2 N–H and O–H groups in total. The molecule has 0 bridgehead atoms. The van der Waals surface area contributed by atoms with Gasteiger partial charge in [0.1, 0.15) is 0 Å². The number of fused-ring (bicyclic) bond motifs is 1. The van der Waals surface area contributed by atoms with E-state index in [-0.39, 0.29) is 12.1 Å². The average molecular weight is 412 g/mol. The Kier molecular flexibility index (Phi) is 6.87. The molecule has 0 radical (unpaired) electrons. The molecule has 9 heteroatoms. The summed E-state index contributed by atoms with van der Waals surface area (Å²) in [5.41, 5.74) is 0.943. The van der Waals surface area contributed by atoms with Crippen LogP contribution in [0.5, 0.6) is 11.5 Å². The lowest BCUT2D eigenvalue weighted by molar-refractivity contribution is 0.181. The number of methoxy groups -OCH3 is 3. The van der Waals surface area contributed by atoms with E-state index in [9.17, 15) is 9.59 Å². The summed E-state index contributed by atoms with van der Waals surface area (Å²) >= 11 is 0. The van der Waals surface area contributed by atoms with Crippen molar-refractivity contribution >= 4 is 22.5 Å². The van der Waals surface area contributed by atoms with Crippen molar-refractivity contribution in [2.24, 2.45) is 0 Å². The number of nitrogens with zero attached hydrogens (tertiary/aromatic N) is 2. The van der Waals surface area contributed by atoms with Gasteiger partial charge in [-0.1, -0.05) is 18.2 Å². The molecule has 3 rings (SSSR count). The molecule has 158 valence electrons. The van der Waals surface area contributed by atoms with Crippen LogP contribution in [0, 0.1) is 0 Å². The molecular formula is C21H24N4O5. The molecule has 0 aliphatic carbocycles. The first-order valence-corrected chi connectivity index (χ1v) is 9.32. The molecule has 9 nitrogen and oxygen atoms in total. The van der Waals surface area contributed by atoms with E-state index in [1.807, 2.05) is 12.1 Å². The SMILES string of the molecule is COCCn1nc(CNC(=O)Nc2ccc(OC)c(OC)c2)c2ccccc2c1=O. The molecule has 30 heavy (non-hydrogen) atoms. The van der Waals surface area contributed by atoms with Gasteiger partial charge < -0.3 is 24.8 Å². The van der Waals surface area contributed by atoms with E-state index >= 15 is 0 Å². The van der Waals surface area contributed by atoms with Crippen molar-refractivity contribution in [3.05, 3.63) is 58.5 Å². The summed E-state index contributed by atoms with van der Waals surface area (Å²) in [5, 5.41) is 11.2. The van der Waals surface area contributed by atoms with Crippen LogP contribution in [0.3, 0.4) is 0 Å². The first-order valence-electron chi connectivity index (χ1n) is 9.32. The summed E-state index contributed by atoms with van der Waals surface area (Å²) in [6.07, 6.45) is 0. The smallest absolute Gasteiger partial charge is 0.319 e. The van der Waals surface area contributed by atoms with E-state index in [0.717, 1.165) is 0 Å². The summed E-state index contributed by atoms with van der Waals surface area (Å²) in [7, 11) is 4.63. The van der Waals surface area contributed by atoms with Gasteiger partial charge in [0.05, 0.1) is 45.0 Å². The Morgan fingerprint density at radius 1 is 1.03 bits per heavy atom. The van der Waals surface area contributed by atoms with Crippen LogP contribution in [-0.2, 0) is 17.8 Å². The number of hydrogen-bond acceptors (Lipinski definition) is 6. The maximum atomic E-state index is 12.6. The fourth-order valence-corrected chi connectivity index (χ4v) is 3.02. The molecule has 0 spiro atoms. The van der Waals surface area contributed by atoms with Gasteiger partial charge in [0.25, 0.3) is 5.56 Å². The fourth-order valence-electron chi connectivity index (χ4n) is 3.02. The lowest BCUT2D eigenvalue weighted by Crippen LogP contribution is -2.31. The van der Waals surface area contributed by atoms with Gasteiger partial charge in [-0.15, -0.1) is 0 Å². The quantitative estimate of drug-likeness (QED) is 0.589. The zero-order chi connectivity index (χ0) is 21.5. The van der Waals surface area contributed by atoms with E-state index in [1.165, 1.54) is 11.8 Å². The van der Waals surface area contributed by atoms with Crippen LogP contribution < -0.4 is 25.7 Å². The number of anilines is 1. The van der Waals surface area contributed by atoms with Gasteiger partial charge in [-0.3, -0.25) is 4.79 Å². The second-order valence-electron chi connectivity index (χ2n) is 6.39. The molecule has 0 atom stereocenters. The van der Waals surface area contributed by atoms with E-state index in [4.69, 9.17) is 14.2 Å². The summed E-state index contributed by atoms with van der Waals surface area (Å²) in [6, 6.07) is 11.8. The van der Waals surface area contributed by atoms with Crippen LogP contribution in [0.1, 0.15) is 5.69 Å². The fraction of sp³-hybridized carbons (Fsp3) is 0.286. The van der Waals surface area contributed by atoms with Crippen LogP contribution in [0.2, 0.25) is 0 Å². The van der Waals surface area contributed by atoms with Crippen molar-refractivity contribution < 1.29 is 19.0 Å². The van der Waals surface area contributed by atoms with E-state index in [1.54, 1.807) is 44.6 Å². The molecule has 3 aromatic rings. The van der Waals surface area contributed by atoms with Gasteiger partial charge in [0.2, 0.25) is 0 Å². The lowest BCUT2D eigenvalue weighted by atomic mass is 10.1. The third kappa shape index (κ3) is 4.69. The molecule has 2 amide bonds. The number of carbonyl (C=O) groups excluding carboxylic acids is 1. The van der Waals surface area contributed by atoms with Gasteiger partial charge in [-0.05, 0) is 18.2 Å². The van der Waals surface area contributed by atoms with Crippen molar-refractivity contribution in [3.63, 3.8) is 0 Å². The normalized spacial score (nSPS) is 10.6. The number of carbonyl (C=O) groups is 1. The first kappa shape index (κ1) is 21.1. The third-order valence-electron chi connectivity index (χ3n) is 4.51. The number of nitrogens with one attached hydrogen (secondary N) is 2. The predicted octanol–water partition coefficient (Wildman–Crippen LogP) is 2.38. The molecule has 2 aromatic carbocycles.